The van der Waals surface area contributed by atoms with Crippen LogP contribution in [0.3, 0.4) is 0 Å². The minimum atomic E-state index is -0.421. The normalized spacial score (nSPS) is 14.5. The van der Waals surface area contributed by atoms with Crippen molar-refractivity contribution in [1.29, 1.82) is 0 Å². The van der Waals surface area contributed by atoms with Gasteiger partial charge in [0.15, 0.2) is 0 Å². The summed E-state index contributed by atoms with van der Waals surface area (Å²) < 4.78 is 0. The number of aromatic nitrogens is 2. The average Bonchev–Trinajstić information content (AvgIpc) is 2.46. The van der Waals surface area contributed by atoms with Gasteiger partial charge in [-0.1, -0.05) is 0 Å². The fraction of sp³-hybridized carbons (Fsp3) is 0.286. The number of amides is 2. The van der Waals surface area contributed by atoms with Crippen LogP contribution >= 0.6 is 0 Å². The standard InChI is InChI=1S/C7H8N4O/c8-7(12)11-3-5-6(4-11)10-2-1-9-5/h1-2H,3-4H2,(H2,8,12). The number of nitrogens with zero attached hydrogens (tertiary/aromatic N) is 3. The number of hydrogen-bond donors (Lipinski definition) is 1. The summed E-state index contributed by atoms with van der Waals surface area (Å²) in [6, 6.07) is -0.421. The smallest absolute Gasteiger partial charge is 0.315 e. The lowest BCUT2D eigenvalue weighted by atomic mass is 10.4. The molecule has 0 unspecified atom stereocenters. The van der Waals surface area contributed by atoms with E-state index in [1.807, 2.05) is 0 Å². The maximum absolute atomic E-state index is 10.8. The number of hydrogen-bond acceptors (Lipinski definition) is 3. The van der Waals surface area contributed by atoms with Crippen LogP contribution < -0.4 is 5.73 Å². The zero-order chi connectivity index (χ0) is 8.55. The Morgan fingerprint density at radius 1 is 1.33 bits per heavy atom. The Morgan fingerprint density at radius 2 is 1.83 bits per heavy atom. The molecule has 5 nitrogen and oxygen atoms in total. The summed E-state index contributed by atoms with van der Waals surface area (Å²) in [5.74, 6) is 0. The first kappa shape index (κ1) is 7.02. The van der Waals surface area contributed by atoms with Crippen molar-refractivity contribution in [2.24, 2.45) is 5.73 Å². The van der Waals surface area contributed by atoms with E-state index in [2.05, 4.69) is 9.97 Å². The van der Waals surface area contributed by atoms with E-state index in [9.17, 15) is 4.79 Å². The molecule has 0 saturated heterocycles. The van der Waals surface area contributed by atoms with Crippen LogP contribution in [0.15, 0.2) is 12.4 Å². The summed E-state index contributed by atoms with van der Waals surface area (Å²) in [6.07, 6.45) is 3.23. The van der Waals surface area contributed by atoms with E-state index in [1.165, 1.54) is 4.90 Å². The lowest BCUT2D eigenvalue weighted by molar-refractivity contribution is 0.208. The number of urea groups is 1. The molecule has 1 aliphatic rings. The molecule has 2 heterocycles. The van der Waals surface area contributed by atoms with Crippen LogP contribution in [0.25, 0.3) is 0 Å². The Labute approximate surface area is 69.2 Å². The quantitative estimate of drug-likeness (QED) is 0.580. The molecule has 2 N–H and O–H groups in total. The SMILES string of the molecule is NC(=O)N1Cc2nccnc2C1. The molecule has 2 rings (SSSR count). The minimum absolute atomic E-state index is 0.421. The van der Waals surface area contributed by atoms with E-state index in [-0.39, 0.29) is 0 Å². The second kappa shape index (κ2) is 2.44. The number of carbonyl (C=O) groups is 1. The van der Waals surface area contributed by atoms with Crippen molar-refractivity contribution in [3.8, 4) is 0 Å². The van der Waals surface area contributed by atoms with Crippen molar-refractivity contribution in [2.75, 3.05) is 0 Å². The molecule has 1 aromatic rings. The molecule has 0 aromatic carbocycles. The third-order valence-electron chi connectivity index (χ3n) is 1.85. The summed E-state index contributed by atoms with van der Waals surface area (Å²) in [4.78, 5) is 20.4. The molecule has 0 saturated carbocycles. The third-order valence-corrected chi connectivity index (χ3v) is 1.85. The maximum Gasteiger partial charge on any atom is 0.315 e. The Hall–Kier alpha value is -1.65. The molecule has 0 atom stereocenters. The molecule has 0 spiro atoms. The van der Waals surface area contributed by atoms with Crippen LogP contribution in [0.5, 0.6) is 0 Å². The number of rotatable bonds is 0. The van der Waals surface area contributed by atoms with Gasteiger partial charge in [-0.05, 0) is 0 Å². The zero-order valence-electron chi connectivity index (χ0n) is 6.40. The van der Waals surface area contributed by atoms with Gasteiger partial charge in [0.2, 0.25) is 0 Å². The fourth-order valence-corrected chi connectivity index (χ4v) is 1.23. The lowest BCUT2D eigenvalue weighted by Crippen LogP contribution is -2.30. The Morgan fingerprint density at radius 3 is 2.25 bits per heavy atom. The van der Waals surface area contributed by atoms with Gasteiger partial charge in [-0.15, -0.1) is 0 Å². The van der Waals surface area contributed by atoms with Crippen LogP contribution in [0.1, 0.15) is 11.4 Å². The topological polar surface area (TPSA) is 72.1 Å². The highest BCUT2D eigenvalue weighted by molar-refractivity contribution is 5.72. The van der Waals surface area contributed by atoms with Gasteiger partial charge in [-0.2, -0.15) is 0 Å². The van der Waals surface area contributed by atoms with Crippen LogP contribution in [0, 0.1) is 0 Å². The first-order chi connectivity index (χ1) is 5.77. The number of primary amides is 1. The molecular formula is C7H8N4O. The van der Waals surface area contributed by atoms with E-state index in [0.717, 1.165) is 11.4 Å². The van der Waals surface area contributed by atoms with Crippen molar-refractivity contribution in [1.82, 2.24) is 14.9 Å². The van der Waals surface area contributed by atoms with E-state index < -0.39 is 6.03 Å². The average molecular weight is 164 g/mol. The van der Waals surface area contributed by atoms with Crippen molar-refractivity contribution in [3.05, 3.63) is 23.8 Å². The molecular weight excluding hydrogens is 156 g/mol. The van der Waals surface area contributed by atoms with E-state index >= 15 is 0 Å². The molecule has 0 fully saturated rings. The summed E-state index contributed by atoms with van der Waals surface area (Å²) in [5.41, 5.74) is 6.80. The molecule has 1 aliphatic heterocycles. The number of fused-ring (bicyclic) bond motifs is 1. The summed E-state index contributed by atoms with van der Waals surface area (Å²) in [6.45, 7) is 0.969. The van der Waals surface area contributed by atoms with E-state index in [1.54, 1.807) is 12.4 Å². The molecule has 62 valence electrons. The predicted molar refractivity (Wildman–Crippen MR) is 40.9 cm³/mol. The summed E-state index contributed by atoms with van der Waals surface area (Å²) >= 11 is 0. The maximum atomic E-state index is 10.8. The second-order valence-corrected chi connectivity index (χ2v) is 2.64. The van der Waals surface area contributed by atoms with E-state index in [4.69, 9.17) is 5.73 Å². The van der Waals surface area contributed by atoms with Gasteiger partial charge < -0.3 is 10.6 Å². The van der Waals surface area contributed by atoms with Gasteiger partial charge in [-0.25, -0.2) is 4.79 Å². The first-order valence-corrected chi connectivity index (χ1v) is 3.60. The summed E-state index contributed by atoms with van der Waals surface area (Å²) in [7, 11) is 0. The van der Waals surface area contributed by atoms with Crippen molar-refractivity contribution in [3.63, 3.8) is 0 Å². The number of carbonyl (C=O) groups excluding carboxylic acids is 1. The monoisotopic (exact) mass is 164 g/mol. The predicted octanol–water partition coefficient (Wildman–Crippen LogP) is -0.129. The molecule has 2 amide bonds. The minimum Gasteiger partial charge on any atom is -0.351 e. The highest BCUT2D eigenvalue weighted by Crippen LogP contribution is 2.16. The van der Waals surface area contributed by atoms with Crippen molar-refractivity contribution < 1.29 is 4.79 Å². The molecule has 0 bridgehead atoms. The second-order valence-electron chi connectivity index (χ2n) is 2.64. The van der Waals surface area contributed by atoms with Gasteiger partial charge in [0.25, 0.3) is 0 Å². The highest BCUT2D eigenvalue weighted by Gasteiger charge is 2.22. The van der Waals surface area contributed by atoms with Crippen molar-refractivity contribution in [2.45, 2.75) is 13.1 Å². The molecule has 5 heteroatoms. The molecule has 1 aromatic heterocycles. The number of nitrogens with two attached hydrogens (primary N) is 1. The Balaban J connectivity index is 2.27. The lowest BCUT2D eigenvalue weighted by Gasteiger charge is -2.09. The fourth-order valence-electron chi connectivity index (χ4n) is 1.23. The van der Waals surface area contributed by atoms with Crippen LogP contribution in [0.2, 0.25) is 0 Å². The molecule has 0 radical (unpaired) electrons. The van der Waals surface area contributed by atoms with Crippen LogP contribution in [-0.2, 0) is 13.1 Å². The van der Waals surface area contributed by atoms with Gasteiger partial charge in [0.1, 0.15) is 0 Å². The van der Waals surface area contributed by atoms with Crippen LogP contribution in [0.4, 0.5) is 4.79 Å². The van der Waals surface area contributed by atoms with Gasteiger partial charge in [0, 0.05) is 12.4 Å². The summed E-state index contributed by atoms with van der Waals surface area (Å²) in [5, 5.41) is 0. The van der Waals surface area contributed by atoms with Gasteiger partial charge in [-0.3, -0.25) is 9.97 Å². The highest BCUT2D eigenvalue weighted by atomic mass is 16.2. The van der Waals surface area contributed by atoms with Gasteiger partial charge >= 0.3 is 6.03 Å². The van der Waals surface area contributed by atoms with E-state index in [0.29, 0.717) is 13.1 Å². The largest absolute Gasteiger partial charge is 0.351 e. The zero-order valence-corrected chi connectivity index (χ0v) is 6.40. The first-order valence-electron chi connectivity index (χ1n) is 3.60. The Kier molecular flexibility index (Phi) is 1.43. The Bertz CT molecular complexity index is 300. The molecule has 0 aliphatic carbocycles. The molecule has 12 heavy (non-hydrogen) atoms. The van der Waals surface area contributed by atoms with Gasteiger partial charge in [0.05, 0.1) is 24.5 Å². The van der Waals surface area contributed by atoms with Crippen LogP contribution in [-0.4, -0.2) is 20.9 Å². The third kappa shape index (κ3) is 0.990. The van der Waals surface area contributed by atoms with Crippen molar-refractivity contribution >= 4 is 6.03 Å².